The van der Waals surface area contributed by atoms with Gasteiger partial charge in [-0.25, -0.2) is 14.4 Å². The van der Waals surface area contributed by atoms with Crippen molar-refractivity contribution in [3.05, 3.63) is 109 Å². The topological polar surface area (TPSA) is 175 Å². The number of H-pyrrole nitrogens is 2. The molecule has 6 rings (SSSR count). The molecule has 0 spiro atoms. The number of ether oxygens (including phenoxy) is 2. The number of para-hydroxylation sites is 2. The lowest BCUT2D eigenvalue weighted by Crippen LogP contribution is -2.32. The molecule has 0 aliphatic carbocycles. The van der Waals surface area contributed by atoms with E-state index in [9.17, 15) is 19.5 Å². The lowest BCUT2D eigenvalue weighted by Gasteiger charge is -2.17. The predicted octanol–water partition coefficient (Wildman–Crippen LogP) is 6.90. The van der Waals surface area contributed by atoms with Gasteiger partial charge < -0.3 is 40.1 Å². The summed E-state index contributed by atoms with van der Waals surface area (Å²) in [6.07, 6.45) is 6.09. The number of carbonyl (C=O) groups excluding carboxylic acids is 2. The molecule has 5 N–H and O–H groups in total. The second-order valence-electron chi connectivity index (χ2n) is 10.0. The molecule has 0 atom stereocenters. The van der Waals surface area contributed by atoms with Crippen molar-refractivity contribution in [2.45, 2.75) is 13.8 Å². The SMILES string of the molecule is CCN(CC)C(=O)OCOC(=O)c1[nH]c2ccccc2c1Nc1ccncc1.O=C(O)c1[nH]c2ccccc2c1Nc1ccncc1. The van der Waals surface area contributed by atoms with E-state index in [1.165, 1.54) is 4.90 Å². The molecular formula is C34H33N7O6. The van der Waals surface area contributed by atoms with E-state index in [0.29, 0.717) is 24.5 Å². The van der Waals surface area contributed by atoms with Crippen LogP contribution in [0.1, 0.15) is 34.8 Å². The van der Waals surface area contributed by atoms with Crippen LogP contribution in [-0.4, -0.2) is 67.9 Å². The number of aromatic amines is 2. The molecule has 6 aromatic rings. The number of fused-ring (bicyclic) bond motifs is 2. The molecule has 0 unspecified atom stereocenters. The summed E-state index contributed by atoms with van der Waals surface area (Å²) in [6, 6.07) is 22.1. The zero-order valence-corrected chi connectivity index (χ0v) is 25.7. The minimum absolute atomic E-state index is 0.151. The second kappa shape index (κ2) is 15.1. The molecule has 13 heteroatoms. The summed E-state index contributed by atoms with van der Waals surface area (Å²) in [5, 5.41) is 17.3. The molecule has 0 saturated heterocycles. The number of hydrogen-bond acceptors (Lipinski definition) is 9. The Morgan fingerprint density at radius 3 is 1.66 bits per heavy atom. The molecule has 0 aliphatic heterocycles. The second-order valence-corrected chi connectivity index (χ2v) is 10.0. The average molecular weight is 636 g/mol. The third-order valence-corrected chi connectivity index (χ3v) is 7.12. The number of nitrogens with one attached hydrogen (secondary N) is 4. The van der Waals surface area contributed by atoms with Crippen LogP contribution in [0.25, 0.3) is 21.8 Å². The number of carboxylic acid groups (broad SMARTS) is 1. The first kappa shape index (κ1) is 32.0. The summed E-state index contributed by atoms with van der Waals surface area (Å²) in [4.78, 5) is 51.1. The zero-order chi connectivity index (χ0) is 33.2. The van der Waals surface area contributed by atoms with E-state index in [0.717, 1.165) is 33.2 Å². The minimum Gasteiger partial charge on any atom is -0.477 e. The van der Waals surface area contributed by atoms with Gasteiger partial charge in [-0.05, 0) is 50.2 Å². The summed E-state index contributed by atoms with van der Waals surface area (Å²) in [5.41, 5.74) is 4.69. The predicted molar refractivity (Wildman–Crippen MR) is 178 cm³/mol. The number of carbonyl (C=O) groups is 3. The molecule has 0 saturated carbocycles. The molecule has 0 bridgehead atoms. The van der Waals surface area contributed by atoms with E-state index >= 15 is 0 Å². The average Bonchev–Trinajstić information content (AvgIpc) is 3.65. The van der Waals surface area contributed by atoms with Crippen molar-refractivity contribution < 1.29 is 29.0 Å². The number of pyridine rings is 2. The van der Waals surface area contributed by atoms with Gasteiger partial charge in [0, 0.05) is 71.1 Å². The minimum atomic E-state index is -0.993. The number of hydrogen-bond donors (Lipinski definition) is 5. The van der Waals surface area contributed by atoms with Gasteiger partial charge in [0.15, 0.2) is 0 Å². The highest BCUT2D eigenvalue weighted by molar-refractivity contribution is 6.08. The fraction of sp³-hybridized carbons (Fsp3) is 0.147. The van der Waals surface area contributed by atoms with Crippen LogP contribution in [-0.2, 0) is 9.47 Å². The Bertz CT molecular complexity index is 1970. The fourth-order valence-corrected chi connectivity index (χ4v) is 4.79. The Kier molecular flexibility index (Phi) is 10.3. The Morgan fingerprint density at radius 1 is 0.702 bits per heavy atom. The van der Waals surface area contributed by atoms with Crippen molar-refractivity contribution in [2.24, 2.45) is 0 Å². The Labute approximate surface area is 269 Å². The van der Waals surface area contributed by atoms with Crippen molar-refractivity contribution in [1.82, 2.24) is 24.8 Å². The number of anilines is 4. The van der Waals surface area contributed by atoms with Gasteiger partial charge in [0.25, 0.3) is 0 Å². The number of aromatic nitrogens is 4. The molecule has 2 aromatic carbocycles. The van der Waals surface area contributed by atoms with Gasteiger partial charge in [-0.15, -0.1) is 0 Å². The van der Waals surface area contributed by atoms with Crippen molar-refractivity contribution in [3.8, 4) is 0 Å². The number of aromatic carboxylic acids is 1. The normalized spacial score (nSPS) is 10.5. The number of rotatable bonds is 10. The molecule has 47 heavy (non-hydrogen) atoms. The van der Waals surface area contributed by atoms with Gasteiger partial charge in [0.1, 0.15) is 11.4 Å². The van der Waals surface area contributed by atoms with E-state index in [-0.39, 0.29) is 11.4 Å². The number of esters is 1. The third-order valence-electron chi connectivity index (χ3n) is 7.12. The number of carboxylic acids is 1. The van der Waals surface area contributed by atoms with Gasteiger partial charge in [0.05, 0.1) is 11.4 Å². The molecule has 0 radical (unpaired) electrons. The van der Waals surface area contributed by atoms with Crippen molar-refractivity contribution in [1.29, 1.82) is 0 Å². The van der Waals surface area contributed by atoms with Crippen molar-refractivity contribution in [2.75, 3.05) is 30.5 Å². The van der Waals surface area contributed by atoms with Crippen LogP contribution in [0.3, 0.4) is 0 Å². The van der Waals surface area contributed by atoms with Crippen LogP contribution in [0.4, 0.5) is 27.5 Å². The summed E-state index contributed by atoms with van der Waals surface area (Å²) in [6.45, 7) is 4.27. The molecule has 4 aromatic heterocycles. The third kappa shape index (κ3) is 7.65. The maximum absolute atomic E-state index is 12.6. The van der Waals surface area contributed by atoms with Crippen molar-refractivity contribution >= 4 is 62.6 Å². The highest BCUT2D eigenvalue weighted by Gasteiger charge is 2.21. The summed E-state index contributed by atoms with van der Waals surface area (Å²) < 4.78 is 10.2. The van der Waals surface area contributed by atoms with E-state index in [2.05, 4.69) is 30.6 Å². The first-order chi connectivity index (χ1) is 22.9. The Hall–Kier alpha value is -6.37. The molecule has 0 fully saturated rings. The van der Waals surface area contributed by atoms with E-state index in [4.69, 9.17) is 9.47 Å². The smallest absolute Gasteiger partial charge is 0.412 e. The molecular weight excluding hydrogens is 602 g/mol. The van der Waals surface area contributed by atoms with Gasteiger partial charge >= 0.3 is 18.0 Å². The largest absolute Gasteiger partial charge is 0.477 e. The monoisotopic (exact) mass is 635 g/mol. The van der Waals surface area contributed by atoms with E-state index < -0.39 is 24.8 Å². The lowest BCUT2D eigenvalue weighted by molar-refractivity contribution is -0.0116. The quantitative estimate of drug-likeness (QED) is 0.0786. The molecule has 4 heterocycles. The summed E-state index contributed by atoms with van der Waals surface area (Å²) in [5.74, 6) is -1.62. The number of nitrogens with zero attached hydrogens (tertiary/aromatic N) is 3. The van der Waals surface area contributed by atoms with Crippen LogP contribution in [0, 0.1) is 0 Å². The Morgan fingerprint density at radius 2 is 1.17 bits per heavy atom. The Balaban J connectivity index is 0.000000198. The highest BCUT2D eigenvalue weighted by Crippen LogP contribution is 2.32. The van der Waals surface area contributed by atoms with Crippen LogP contribution < -0.4 is 10.6 Å². The van der Waals surface area contributed by atoms with Crippen LogP contribution >= 0.6 is 0 Å². The molecule has 0 aliphatic rings. The standard InChI is InChI=1S/C20H22N4O4.C14H11N3O2/c1-3-24(4-2)20(26)28-13-27-19(25)18-17(22-14-9-11-21-12-10-14)15-7-5-6-8-16(15)23-18;18-14(19)13-12(16-9-5-7-15-8-6-9)10-3-1-2-4-11(10)17-13/h5-12,23H,3-4,13H2,1-2H3,(H,21,22);1-8,17H,(H,15,16)(H,18,19). The van der Waals surface area contributed by atoms with Gasteiger partial charge in [-0.1, -0.05) is 36.4 Å². The first-order valence-electron chi connectivity index (χ1n) is 14.8. The van der Waals surface area contributed by atoms with Crippen LogP contribution in [0.15, 0.2) is 97.6 Å². The molecule has 1 amide bonds. The summed E-state index contributed by atoms with van der Waals surface area (Å²) >= 11 is 0. The van der Waals surface area contributed by atoms with Crippen LogP contribution in [0.2, 0.25) is 0 Å². The lowest BCUT2D eigenvalue weighted by atomic mass is 10.2. The van der Waals surface area contributed by atoms with Crippen molar-refractivity contribution in [3.63, 3.8) is 0 Å². The number of amides is 1. The molecule has 240 valence electrons. The van der Waals surface area contributed by atoms with Gasteiger partial charge in [-0.3, -0.25) is 9.97 Å². The maximum atomic E-state index is 12.6. The maximum Gasteiger partial charge on any atom is 0.412 e. The van der Waals surface area contributed by atoms with Gasteiger partial charge in [0.2, 0.25) is 6.79 Å². The van der Waals surface area contributed by atoms with Crippen LogP contribution in [0.5, 0.6) is 0 Å². The van der Waals surface area contributed by atoms with E-state index in [1.54, 1.807) is 49.1 Å². The fourth-order valence-electron chi connectivity index (χ4n) is 4.79. The highest BCUT2D eigenvalue weighted by atomic mass is 16.7. The first-order valence-corrected chi connectivity index (χ1v) is 14.8. The van der Waals surface area contributed by atoms with E-state index in [1.807, 2.05) is 62.4 Å². The number of benzene rings is 2. The van der Waals surface area contributed by atoms with Gasteiger partial charge in [-0.2, -0.15) is 0 Å². The molecule has 13 nitrogen and oxygen atoms in total. The zero-order valence-electron chi connectivity index (χ0n) is 25.7. The summed E-state index contributed by atoms with van der Waals surface area (Å²) in [7, 11) is 0.